The maximum atomic E-state index is 5.23. The highest BCUT2D eigenvalue weighted by Gasteiger charge is 2.10. The average molecular weight is 540 g/mol. The van der Waals surface area contributed by atoms with E-state index in [0.29, 0.717) is 13.1 Å². The Labute approximate surface area is 199 Å². The lowest BCUT2D eigenvalue weighted by molar-refractivity contribution is 0.414. The van der Waals surface area contributed by atoms with Gasteiger partial charge in [-0.15, -0.1) is 45.5 Å². The summed E-state index contributed by atoms with van der Waals surface area (Å²) in [6.45, 7) is 3.99. The number of benzene rings is 1. The topological polar surface area (TPSA) is 67.6 Å². The Morgan fingerprint density at radius 1 is 1.23 bits per heavy atom. The first-order chi connectivity index (χ1) is 14.1. The summed E-state index contributed by atoms with van der Waals surface area (Å²) in [4.78, 5) is 8.37. The monoisotopic (exact) mass is 540 g/mol. The molecule has 0 aliphatic heterocycles. The first-order valence-electron chi connectivity index (χ1n) is 9.56. The van der Waals surface area contributed by atoms with Crippen LogP contribution in [0, 0.1) is 6.92 Å². The number of guanidine groups is 1. The van der Waals surface area contributed by atoms with Gasteiger partial charge in [0.1, 0.15) is 11.6 Å². The molecule has 7 nitrogen and oxygen atoms in total. The predicted molar refractivity (Wildman–Crippen MR) is 133 cm³/mol. The molecule has 0 amide bonds. The zero-order valence-corrected chi connectivity index (χ0v) is 21.0. The lowest BCUT2D eigenvalue weighted by atomic mass is 10.2. The molecule has 2 heterocycles. The summed E-state index contributed by atoms with van der Waals surface area (Å²) in [5, 5.41) is 13.9. The Morgan fingerprint density at radius 3 is 2.60 bits per heavy atom. The number of nitrogens with zero attached hydrogens (tertiary/aromatic N) is 5. The van der Waals surface area contributed by atoms with E-state index in [1.807, 2.05) is 42.8 Å². The molecular formula is C21H29IN6OS. The first kappa shape index (κ1) is 24.1. The molecule has 0 radical (unpaired) electrons. The number of likely N-dealkylation sites (N-methyl/N-ethyl adjacent to an activating group) is 1. The summed E-state index contributed by atoms with van der Waals surface area (Å²) in [6.07, 6.45) is 0.987. The van der Waals surface area contributed by atoms with Crippen LogP contribution in [-0.4, -0.2) is 46.3 Å². The van der Waals surface area contributed by atoms with Crippen LogP contribution in [-0.2, 0) is 26.6 Å². The van der Waals surface area contributed by atoms with Gasteiger partial charge in [-0.3, -0.25) is 0 Å². The summed E-state index contributed by atoms with van der Waals surface area (Å²) in [7, 11) is 5.71. The zero-order valence-electron chi connectivity index (χ0n) is 17.8. The third-order valence-corrected chi connectivity index (χ3v) is 5.73. The van der Waals surface area contributed by atoms with Crippen molar-refractivity contribution in [2.45, 2.75) is 26.4 Å². The summed E-state index contributed by atoms with van der Waals surface area (Å²) in [5.41, 5.74) is 1.13. The van der Waals surface area contributed by atoms with Gasteiger partial charge < -0.3 is 19.5 Å². The predicted octanol–water partition coefficient (Wildman–Crippen LogP) is 3.63. The third-order valence-electron chi connectivity index (χ3n) is 4.79. The number of halogens is 1. The molecule has 30 heavy (non-hydrogen) atoms. The molecule has 9 heteroatoms. The van der Waals surface area contributed by atoms with Crippen molar-refractivity contribution in [3.8, 4) is 5.75 Å². The molecule has 0 spiro atoms. The van der Waals surface area contributed by atoms with E-state index in [2.05, 4.69) is 45.0 Å². The number of rotatable bonds is 8. The van der Waals surface area contributed by atoms with Gasteiger partial charge in [-0.2, -0.15) is 0 Å². The number of aromatic nitrogens is 3. The number of aliphatic imine (C=N–C) groups is 1. The van der Waals surface area contributed by atoms with Crippen molar-refractivity contribution in [1.29, 1.82) is 0 Å². The third kappa shape index (κ3) is 6.69. The van der Waals surface area contributed by atoms with Gasteiger partial charge in [0.05, 0.1) is 20.2 Å². The SMILES string of the molecule is COc1ccc(CN=C(NCc2nnc(C)n2C)N(C)CCc2cccs2)cc1.I. The molecule has 3 aromatic rings. The fourth-order valence-corrected chi connectivity index (χ4v) is 3.51. The fraction of sp³-hybridized carbons (Fsp3) is 0.381. The highest BCUT2D eigenvalue weighted by Crippen LogP contribution is 2.13. The van der Waals surface area contributed by atoms with E-state index >= 15 is 0 Å². The van der Waals surface area contributed by atoms with E-state index in [0.717, 1.165) is 41.9 Å². The maximum Gasteiger partial charge on any atom is 0.194 e. The van der Waals surface area contributed by atoms with Crippen LogP contribution in [0.3, 0.4) is 0 Å². The van der Waals surface area contributed by atoms with Gasteiger partial charge in [-0.25, -0.2) is 4.99 Å². The second-order valence-corrected chi connectivity index (χ2v) is 7.85. The van der Waals surface area contributed by atoms with E-state index in [1.165, 1.54) is 4.88 Å². The highest BCUT2D eigenvalue weighted by molar-refractivity contribution is 14.0. The minimum absolute atomic E-state index is 0. The van der Waals surface area contributed by atoms with E-state index < -0.39 is 0 Å². The minimum atomic E-state index is 0. The molecule has 0 aliphatic rings. The van der Waals surface area contributed by atoms with Crippen molar-refractivity contribution in [2.75, 3.05) is 20.7 Å². The molecule has 0 bridgehead atoms. The highest BCUT2D eigenvalue weighted by atomic mass is 127. The van der Waals surface area contributed by atoms with Crippen molar-refractivity contribution < 1.29 is 4.74 Å². The van der Waals surface area contributed by atoms with Crippen LogP contribution in [0.4, 0.5) is 0 Å². The number of hydrogen-bond donors (Lipinski definition) is 1. The Hall–Kier alpha value is -2.14. The number of nitrogens with one attached hydrogen (secondary N) is 1. The molecule has 0 unspecified atom stereocenters. The lowest BCUT2D eigenvalue weighted by Crippen LogP contribution is -2.40. The van der Waals surface area contributed by atoms with Gasteiger partial charge in [-0.05, 0) is 42.5 Å². The normalized spacial score (nSPS) is 11.1. The molecule has 0 saturated carbocycles. The number of methoxy groups -OCH3 is 1. The molecule has 0 saturated heterocycles. The molecule has 1 N–H and O–H groups in total. The largest absolute Gasteiger partial charge is 0.497 e. The first-order valence-corrected chi connectivity index (χ1v) is 10.4. The average Bonchev–Trinajstić information content (AvgIpc) is 3.37. The van der Waals surface area contributed by atoms with Crippen LogP contribution < -0.4 is 10.1 Å². The maximum absolute atomic E-state index is 5.23. The smallest absolute Gasteiger partial charge is 0.194 e. The Kier molecular flexibility index (Phi) is 9.57. The molecule has 3 rings (SSSR count). The van der Waals surface area contributed by atoms with Gasteiger partial charge in [-0.1, -0.05) is 18.2 Å². The molecule has 2 aromatic heterocycles. The van der Waals surface area contributed by atoms with Gasteiger partial charge in [0.25, 0.3) is 0 Å². The zero-order chi connectivity index (χ0) is 20.6. The van der Waals surface area contributed by atoms with Gasteiger partial charge in [0, 0.05) is 25.5 Å². The van der Waals surface area contributed by atoms with E-state index in [9.17, 15) is 0 Å². The van der Waals surface area contributed by atoms with Crippen LogP contribution in [0.15, 0.2) is 46.8 Å². The number of aryl methyl sites for hydroxylation is 1. The van der Waals surface area contributed by atoms with Crippen LogP contribution in [0.25, 0.3) is 0 Å². The van der Waals surface area contributed by atoms with E-state index in [4.69, 9.17) is 9.73 Å². The standard InChI is InChI=1S/C21H28N6OS.HI/c1-16-24-25-20(27(16)3)15-23-21(26(2)12-11-19-6-5-13-29-19)22-14-17-7-9-18(28-4)10-8-17;/h5-10,13H,11-12,14-15H2,1-4H3,(H,22,23);1H. The number of thiophene rings is 1. The van der Waals surface area contributed by atoms with Crippen molar-refractivity contribution in [1.82, 2.24) is 25.0 Å². The Morgan fingerprint density at radius 2 is 2.00 bits per heavy atom. The lowest BCUT2D eigenvalue weighted by Gasteiger charge is -2.22. The van der Waals surface area contributed by atoms with Crippen LogP contribution in [0.5, 0.6) is 5.75 Å². The quantitative estimate of drug-likeness (QED) is 0.269. The molecule has 0 fully saturated rings. The fourth-order valence-electron chi connectivity index (χ4n) is 2.81. The second-order valence-electron chi connectivity index (χ2n) is 6.81. The number of hydrogen-bond acceptors (Lipinski definition) is 5. The Balaban J connectivity index is 0.00000320. The molecule has 0 aliphatic carbocycles. The van der Waals surface area contributed by atoms with Crippen LogP contribution in [0.2, 0.25) is 0 Å². The number of ether oxygens (including phenoxy) is 1. The van der Waals surface area contributed by atoms with Crippen molar-refractivity contribution in [2.24, 2.45) is 12.0 Å². The summed E-state index contributed by atoms with van der Waals surface area (Å²) < 4.78 is 7.22. The summed E-state index contributed by atoms with van der Waals surface area (Å²) in [6, 6.07) is 12.3. The molecule has 162 valence electrons. The van der Waals surface area contributed by atoms with Crippen molar-refractivity contribution in [3.63, 3.8) is 0 Å². The van der Waals surface area contributed by atoms with Crippen molar-refractivity contribution in [3.05, 3.63) is 63.9 Å². The summed E-state index contributed by atoms with van der Waals surface area (Å²) >= 11 is 1.78. The van der Waals surface area contributed by atoms with Gasteiger partial charge in [0.15, 0.2) is 11.8 Å². The summed E-state index contributed by atoms with van der Waals surface area (Å²) in [5.74, 6) is 3.47. The van der Waals surface area contributed by atoms with E-state index in [1.54, 1.807) is 18.4 Å². The van der Waals surface area contributed by atoms with Crippen LogP contribution >= 0.6 is 35.3 Å². The minimum Gasteiger partial charge on any atom is -0.497 e. The van der Waals surface area contributed by atoms with Gasteiger partial charge in [0.2, 0.25) is 0 Å². The van der Waals surface area contributed by atoms with Gasteiger partial charge >= 0.3 is 0 Å². The van der Waals surface area contributed by atoms with Crippen LogP contribution in [0.1, 0.15) is 22.1 Å². The van der Waals surface area contributed by atoms with E-state index in [-0.39, 0.29) is 24.0 Å². The molecular weight excluding hydrogens is 511 g/mol. The molecule has 1 aromatic carbocycles. The van der Waals surface area contributed by atoms with Crippen molar-refractivity contribution >= 4 is 41.3 Å². The Bertz CT molecular complexity index is 924. The molecule has 0 atom stereocenters. The second kappa shape index (κ2) is 11.9.